The molecule has 0 unspecified atom stereocenters. The Balaban J connectivity index is 1.69. The van der Waals surface area contributed by atoms with Crippen LogP contribution in [0, 0.1) is 0 Å². The Kier molecular flexibility index (Phi) is 7.46. The normalized spacial score (nSPS) is 10.7. The number of nitrogens with one attached hydrogen (secondary N) is 1. The molecule has 0 saturated heterocycles. The maximum atomic E-state index is 6.23. The second kappa shape index (κ2) is 10.0. The summed E-state index contributed by atoms with van der Waals surface area (Å²) in [5.74, 6) is 1.58. The molecule has 0 aromatic heterocycles. The molecule has 0 aliphatic rings. The molecule has 0 saturated carbocycles. The van der Waals surface area contributed by atoms with Gasteiger partial charge in [-0.2, -0.15) is 0 Å². The van der Waals surface area contributed by atoms with Crippen molar-refractivity contribution in [3.63, 3.8) is 0 Å². The van der Waals surface area contributed by atoms with Crippen molar-refractivity contribution in [2.45, 2.75) is 19.7 Å². The third-order valence-electron chi connectivity index (χ3n) is 4.28. The fourth-order valence-electron chi connectivity index (χ4n) is 2.83. The van der Waals surface area contributed by atoms with Gasteiger partial charge in [0.2, 0.25) is 0 Å². The van der Waals surface area contributed by atoms with E-state index in [1.165, 1.54) is 0 Å². The van der Waals surface area contributed by atoms with E-state index >= 15 is 0 Å². The molecule has 0 bridgehead atoms. The van der Waals surface area contributed by atoms with Crippen LogP contribution in [0.5, 0.6) is 11.5 Å². The van der Waals surface area contributed by atoms with Crippen molar-refractivity contribution in [2.75, 3.05) is 7.11 Å². The Morgan fingerprint density at radius 1 is 0.786 bits per heavy atom. The lowest BCUT2D eigenvalue weighted by Crippen LogP contribution is -2.14. The van der Waals surface area contributed by atoms with Crippen LogP contribution >= 0.6 is 34.8 Å². The van der Waals surface area contributed by atoms with Gasteiger partial charge in [-0.1, -0.05) is 59.1 Å². The second-order valence-electron chi connectivity index (χ2n) is 6.16. The lowest BCUT2D eigenvalue weighted by Gasteiger charge is -2.15. The topological polar surface area (TPSA) is 30.5 Å². The van der Waals surface area contributed by atoms with E-state index in [0.717, 1.165) is 28.2 Å². The number of hydrogen-bond donors (Lipinski definition) is 1. The molecular formula is C22H20Cl3NO2. The average Bonchev–Trinajstić information content (AvgIpc) is 2.69. The van der Waals surface area contributed by atoms with Crippen molar-refractivity contribution in [2.24, 2.45) is 0 Å². The quantitative estimate of drug-likeness (QED) is 0.436. The van der Waals surface area contributed by atoms with Crippen molar-refractivity contribution in [3.05, 3.63) is 92.4 Å². The van der Waals surface area contributed by atoms with Gasteiger partial charge in [0.15, 0.2) is 0 Å². The second-order valence-corrected chi connectivity index (χ2v) is 7.41. The predicted octanol–water partition coefficient (Wildman–Crippen LogP) is 6.52. The fourth-order valence-corrected chi connectivity index (χ4v) is 3.53. The predicted molar refractivity (Wildman–Crippen MR) is 116 cm³/mol. The molecule has 3 aromatic rings. The number of rotatable bonds is 8. The highest BCUT2D eigenvalue weighted by Crippen LogP contribution is 2.28. The van der Waals surface area contributed by atoms with Crippen molar-refractivity contribution in [3.8, 4) is 11.5 Å². The number of benzene rings is 3. The van der Waals surface area contributed by atoms with Crippen molar-refractivity contribution < 1.29 is 9.47 Å². The van der Waals surface area contributed by atoms with Crippen LogP contribution in [-0.4, -0.2) is 7.11 Å². The Labute approximate surface area is 180 Å². The van der Waals surface area contributed by atoms with Gasteiger partial charge < -0.3 is 14.8 Å². The summed E-state index contributed by atoms with van der Waals surface area (Å²) >= 11 is 18.6. The van der Waals surface area contributed by atoms with Crippen LogP contribution in [0.25, 0.3) is 0 Å². The monoisotopic (exact) mass is 435 g/mol. The van der Waals surface area contributed by atoms with Gasteiger partial charge in [0.25, 0.3) is 0 Å². The molecular weight excluding hydrogens is 417 g/mol. The van der Waals surface area contributed by atoms with Crippen molar-refractivity contribution >= 4 is 34.8 Å². The van der Waals surface area contributed by atoms with Crippen LogP contribution in [-0.2, 0) is 19.7 Å². The molecule has 0 spiro atoms. The molecule has 3 nitrogen and oxygen atoms in total. The molecule has 146 valence electrons. The molecule has 0 fully saturated rings. The van der Waals surface area contributed by atoms with Gasteiger partial charge in [-0.05, 0) is 36.4 Å². The summed E-state index contributed by atoms with van der Waals surface area (Å²) < 4.78 is 11.4. The summed E-state index contributed by atoms with van der Waals surface area (Å²) in [4.78, 5) is 0. The zero-order valence-corrected chi connectivity index (χ0v) is 17.6. The van der Waals surface area contributed by atoms with E-state index in [-0.39, 0.29) is 6.61 Å². The molecule has 0 atom stereocenters. The molecule has 0 radical (unpaired) electrons. The van der Waals surface area contributed by atoms with Gasteiger partial charge in [-0.15, -0.1) is 0 Å². The van der Waals surface area contributed by atoms with E-state index < -0.39 is 0 Å². The minimum atomic E-state index is 0.277. The molecule has 0 aliphatic carbocycles. The van der Waals surface area contributed by atoms with Gasteiger partial charge in [0.05, 0.1) is 7.11 Å². The fraction of sp³-hybridized carbons (Fsp3) is 0.182. The first-order chi connectivity index (χ1) is 13.6. The average molecular weight is 437 g/mol. The van der Waals surface area contributed by atoms with E-state index in [2.05, 4.69) is 5.32 Å². The standard InChI is InChI=1S/C22H20Cl3NO2/c1-27-21-8-3-2-5-15(21)12-26-13-16-11-17(23)9-10-22(16)28-14-18-19(24)6-4-7-20(18)25/h2-11,26H,12-14H2,1H3. The van der Waals surface area contributed by atoms with Crippen LogP contribution in [0.15, 0.2) is 60.7 Å². The summed E-state index contributed by atoms with van der Waals surface area (Å²) in [6.45, 7) is 1.52. The first-order valence-electron chi connectivity index (χ1n) is 8.75. The Hall–Kier alpha value is -1.91. The molecule has 3 rings (SSSR count). The smallest absolute Gasteiger partial charge is 0.124 e. The highest BCUT2D eigenvalue weighted by molar-refractivity contribution is 6.36. The molecule has 0 aliphatic heterocycles. The third-order valence-corrected chi connectivity index (χ3v) is 5.22. The zero-order chi connectivity index (χ0) is 19.9. The minimum absolute atomic E-state index is 0.277. The van der Waals surface area contributed by atoms with Gasteiger partial charge in [-0.3, -0.25) is 0 Å². The van der Waals surface area contributed by atoms with Gasteiger partial charge in [-0.25, -0.2) is 0 Å². The summed E-state index contributed by atoms with van der Waals surface area (Å²) in [5, 5.41) is 5.22. The first kappa shape index (κ1) is 20.8. The zero-order valence-electron chi connectivity index (χ0n) is 15.3. The Bertz CT molecular complexity index is 927. The Morgan fingerprint density at radius 3 is 2.25 bits per heavy atom. The van der Waals surface area contributed by atoms with E-state index in [1.54, 1.807) is 25.3 Å². The summed E-state index contributed by atoms with van der Waals surface area (Å²) in [7, 11) is 1.67. The van der Waals surface area contributed by atoms with Crippen LogP contribution in [0.3, 0.4) is 0 Å². The number of halogens is 3. The number of hydrogen-bond acceptors (Lipinski definition) is 3. The number of para-hydroxylation sites is 1. The maximum Gasteiger partial charge on any atom is 0.124 e. The molecule has 0 amide bonds. The number of ether oxygens (including phenoxy) is 2. The lowest BCUT2D eigenvalue weighted by atomic mass is 10.1. The largest absolute Gasteiger partial charge is 0.496 e. The summed E-state index contributed by atoms with van der Waals surface area (Å²) in [6.07, 6.45) is 0. The van der Waals surface area contributed by atoms with Gasteiger partial charge in [0.1, 0.15) is 18.1 Å². The molecule has 3 aromatic carbocycles. The highest BCUT2D eigenvalue weighted by atomic mass is 35.5. The van der Waals surface area contributed by atoms with E-state index in [9.17, 15) is 0 Å². The Morgan fingerprint density at radius 2 is 1.50 bits per heavy atom. The summed E-state index contributed by atoms with van der Waals surface area (Å²) in [6, 6.07) is 18.9. The molecule has 28 heavy (non-hydrogen) atoms. The lowest BCUT2D eigenvalue weighted by molar-refractivity contribution is 0.302. The third kappa shape index (κ3) is 5.33. The first-order valence-corrected chi connectivity index (χ1v) is 9.88. The van der Waals surface area contributed by atoms with Crippen LogP contribution in [0.2, 0.25) is 15.1 Å². The highest BCUT2D eigenvalue weighted by Gasteiger charge is 2.10. The maximum absolute atomic E-state index is 6.23. The summed E-state index contributed by atoms with van der Waals surface area (Å²) in [5.41, 5.74) is 2.79. The van der Waals surface area contributed by atoms with Crippen LogP contribution in [0.4, 0.5) is 0 Å². The van der Waals surface area contributed by atoms with E-state index in [4.69, 9.17) is 44.3 Å². The van der Waals surface area contributed by atoms with Crippen molar-refractivity contribution in [1.29, 1.82) is 0 Å². The van der Waals surface area contributed by atoms with Crippen molar-refractivity contribution in [1.82, 2.24) is 5.32 Å². The minimum Gasteiger partial charge on any atom is -0.496 e. The number of methoxy groups -OCH3 is 1. The van der Waals surface area contributed by atoms with Crippen LogP contribution in [0.1, 0.15) is 16.7 Å². The molecule has 1 N–H and O–H groups in total. The molecule has 0 heterocycles. The van der Waals surface area contributed by atoms with Crippen LogP contribution < -0.4 is 14.8 Å². The van der Waals surface area contributed by atoms with E-state index in [0.29, 0.717) is 28.2 Å². The van der Waals surface area contributed by atoms with E-state index in [1.807, 2.05) is 42.5 Å². The van der Waals surface area contributed by atoms with Gasteiger partial charge in [0, 0.05) is 44.8 Å². The van der Waals surface area contributed by atoms with Gasteiger partial charge >= 0.3 is 0 Å². The molecule has 6 heteroatoms. The SMILES string of the molecule is COc1ccccc1CNCc1cc(Cl)ccc1OCc1c(Cl)cccc1Cl.